The maximum absolute atomic E-state index is 11.4. The Labute approximate surface area is 112 Å². The number of hydrogen-bond donors (Lipinski definition) is 3. The first-order valence-electron chi connectivity index (χ1n) is 6.08. The number of carbonyl (C=O) groups excluding carboxylic acids is 1. The monoisotopic (exact) mass is 265 g/mol. The molecule has 0 aromatic heterocycles. The molecule has 0 fully saturated rings. The first kappa shape index (κ1) is 13.1. The van der Waals surface area contributed by atoms with Crippen LogP contribution in [0.3, 0.4) is 0 Å². The van der Waals surface area contributed by atoms with Gasteiger partial charge in [-0.05, 0) is 37.3 Å². The number of nitrogens with one attached hydrogen (secondary N) is 2. The van der Waals surface area contributed by atoms with Crippen molar-refractivity contribution in [2.24, 2.45) is 0 Å². The minimum Gasteiger partial charge on any atom is -0.397 e. The summed E-state index contributed by atoms with van der Waals surface area (Å²) >= 11 is 1.79. The van der Waals surface area contributed by atoms with Crippen molar-refractivity contribution >= 4 is 34.7 Å². The van der Waals surface area contributed by atoms with Gasteiger partial charge in [-0.3, -0.25) is 4.79 Å². The molecule has 98 valence electrons. The smallest absolute Gasteiger partial charge is 0.224 e. The van der Waals surface area contributed by atoms with E-state index in [2.05, 4.69) is 23.8 Å². The second-order valence-corrected chi connectivity index (χ2v) is 5.56. The van der Waals surface area contributed by atoms with E-state index in [1.807, 2.05) is 12.1 Å². The summed E-state index contributed by atoms with van der Waals surface area (Å²) in [7, 11) is 0. The summed E-state index contributed by atoms with van der Waals surface area (Å²) in [6.45, 7) is 2.12. The SMILES string of the molecule is CSCC(C)Nc1cc2c(cc1N)CCC(=O)N2. The van der Waals surface area contributed by atoms with E-state index in [0.717, 1.165) is 34.8 Å². The third-order valence-electron chi connectivity index (χ3n) is 2.99. The van der Waals surface area contributed by atoms with E-state index in [1.165, 1.54) is 0 Å². The Morgan fingerprint density at radius 3 is 3.00 bits per heavy atom. The van der Waals surface area contributed by atoms with E-state index in [1.54, 1.807) is 11.8 Å². The molecule has 1 amide bonds. The first-order valence-corrected chi connectivity index (χ1v) is 7.47. The summed E-state index contributed by atoms with van der Waals surface area (Å²) in [5, 5.41) is 6.27. The van der Waals surface area contributed by atoms with Crippen LogP contribution in [0.1, 0.15) is 18.9 Å². The Balaban J connectivity index is 2.21. The molecule has 0 saturated heterocycles. The van der Waals surface area contributed by atoms with E-state index in [0.29, 0.717) is 12.5 Å². The molecule has 18 heavy (non-hydrogen) atoms. The van der Waals surface area contributed by atoms with Crippen LogP contribution in [0.25, 0.3) is 0 Å². The number of rotatable bonds is 4. The molecule has 0 radical (unpaired) electrons. The van der Waals surface area contributed by atoms with Crippen LogP contribution >= 0.6 is 11.8 Å². The van der Waals surface area contributed by atoms with Crippen molar-refractivity contribution in [3.63, 3.8) is 0 Å². The van der Waals surface area contributed by atoms with E-state index < -0.39 is 0 Å². The lowest BCUT2D eigenvalue weighted by Crippen LogP contribution is -2.22. The lowest BCUT2D eigenvalue weighted by atomic mass is 10.0. The number of hydrogen-bond acceptors (Lipinski definition) is 4. The molecule has 1 aromatic rings. The molecule has 1 unspecified atom stereocenters. The average molecular weight is 265 g/mol. The fourth-order valence-electron chi connectivity index (χ4n) is 2.13. The molecular weight excluding hydrogens is 246 g/mol. The lowest BCUT2D eigenvalue weighted by Gasteiger charge is -2.21. The lowest BCUT2D eigenvalue weighted by molar-refractivity contribution is -0.116. The Kier molecular flexibility index (Phi) is 4.01. The van der Waals surface area contributed by atoms with Crippen LogP contribution in [0.2, 0.25) is 0 Å². The van der Waals surface area contributed by atoms with Gasteiger partial charge in [0.2, 0.25) is 5.91 Å². The number of fused-ring (bicyclic) bond motifs is 1. The highest BCUT2D eigenvalue weighted by Gasteiger charge is 2.17. The average Bonchev–Trinajstić information content (AvgIpc) is 2.31. The van der Waals surface area contributed by atoms with Crippen molar-refractivity contribution in [2.75, 3.05) is 28.4 Å². The maximum Gasteiger partial charge on any atom is 0.224 e. The molecule has 4 N–H and O–H groups in total. The fraction of sp³-hybridized carbons (Fsp3) is 0.462. The molecule has 1 aliphatic rings. The van der Waals surface area contributed by atoms with Gasteiger partial charge in [-0.2, -0.15) is 11.8 Å². The van der Waals surface area contributed by atoms with E-state index in [9.17, 15) is 4.79 Å². The molecule has 5 heteroatoms. The topological polar surface area (TPSA) is 67.1 Å². The van der Waals surface area contributed by atoms with Crippen LogP contribution in [-0.4, -0.2) is 24.0 Å². The highest BCUT2D eigenvalue weighted by atomic mass is 32.2. The van der Waals surface area contributed by atoms with Gasteiger partial charge in [0.1, 0.15) is 0 Å². The molecule has 1 heterocycles. The van der Waals surface area contributed by atoms with Gasteiger partial charge in [-0.25, -0.2) is 0 Å². The number of thioether (sulfide) groups is 1. The van der Waals surface area contributed by atoms with Gasteiger partial charge in [-0.15, -0.1) is 0 Å². The Hall–Kier alpha value is -1.36. The van der Waals surface area contributed by atoms with E-state index in [4.69, 9.17) is 5.73 Å². The molecule has 1 aliphatic heterocycles. The summed E-state index contributed by atoms with van der Waals surface area (Å²) in [4.78, 5) is 11.4. The van der Waals surface area contributed by atoms with Gasteiger partial charge in [-0.1, -0.05) is 0 Å². The zero-order chi connectivity index (χ0) is 13.1. The summed E-state index contributed by atoms with van der Waals surface area (Å²) in [6.07, 6.45) is 3.39. The predicted molar refractivity (Wildman–Crippen MR) is 79.3 cm³/mol. The van der Waals surface area contributed by atoms with Crippen molar-refractivity contribution in [3.05, 3.63) is 17.7 Å². The van der Waals surface area contributed by atoms with Crippen molar-refractivity contribution in [3.8, 4) is 0 Å². The predicted octanol–water partition coefficient (Wildman–Crippen LogP) is 2.32. The molecule has 0 spiro atoms. The minimum atomic E-state index is 0.0791. The molecule has 2 rings (SSSR count). The van der Waals surface area contributed by atoms with Crippen molar-refractivity contribution in [1.82, 2.24) is 0 Å². The number of carbonyl (C=O) groups is 1. The number of aryl methyl sites for hydroxylation is 1. The number of benzene rings is 1. The van der Waals surface area contributed by atoms with Gasteiger partial charge in [0.05, 0.1) is 11.4 Å². The van der Waals surface area contributed by atoms with E-state index >= 15 is 0 Å². The largest absolute Gasteiger partial charge is 0.397 e. The Morgan fingerprint density at radius 1 is 1.50 bits per heavy atom. The molecule has 1 atom stereocenters. The highest BCUT2D eigenvalue weighted by Crippen LogP contribution is 2.31. The minimum absolute atomic E-state index is 0.0791. The summed E-state index contributed by atoms with van der Waals surface area (Å²) < 4.78 is 0. The van der Waals surface area contributed by atoms with Crippen molar-refractivity contribution < 1.29 is 4.79 Å². The van der Waals surface area contributed by atoms with Crippen LogP contribution in [-0.2, 0) is 11.2 Å². The first-order chi connectivity index (χ1) is 8.60. The van der Waals surface area contributed by atoms with Gasteiger partial charge < -0.3 is 16.4 Å². The number of nitrogen functional groups attached to an aromatic ring is 1. The van der Waals surface area contributed by atoms with Gasteiger partial charge in [0.15, 0.2) is 0 Å². The van der Waals surface area contributed by atoms with Crippen LogP contribution in [0.4, 0.5) is 17.1 Å². The third kappa shape index (κ3) is 2.90. The van der Waals surface area contributed by atoms with Gasteiger partial charge in [0.25, 0.3) is 0 Å². The fourth-order valence-corrected chi connectivity index (χ4v) is 2.71. The van der Waals surface area contributed by atoms with Gasteiger partial charge >= 0.3 is 0 Å². The van der Waals surface area contributed by atoms with Crippen LogP contribution in [0, 0.1) is 0 Å². The molecule has 0 bridgehead atoms. The van der Waals surface area contributed by atoms with Crippen LogP contribution in [0.15, 0.2) is 12.1 Å². The maximum atomic E-state index is 11.4. The molecule has 0 aliphatic carbocycles. The molecule has 4 nitrogen and oxygen atoms in total. The third-order valence-corrected chi connectivity index (χ3v) is 3.82. The standard InChI is InChI=1S/C13H19N3OS/c1-8(7-18-2)15-12-6-11-9(5-10(12)14)3-4-13(17)16-11/h5-6,8,15H,3-4,7,14H2,1-2H3,(H,16,17). The van der Waals surface area contributed by atoms with E-state index in [-0.39, 0.29) is 5.91 Å². The second kappa shape index (κ2) is 5.52. The zero-order valence-corrected chi connectivity index (χ0v) is 11.6. The summed E-state index contributed by atoms with van der Waals surface area (Å²) in [6, 6.07) is 4.25. The van der Waals surface area contributed by atoms with Crippen molar-refractivity contribution in [1.29, 1.82) is 0 Å². The van der Waals surface area contributed by atoms with Crippen molar-refractivity contribution in [2.45, 2.75) is 25.8 Å². The number of amides is 1. The van der Waals surface area contributed by atoms with Crippen LogP contribution in [0.5, 0.6) is 0 Å². The zero-order valence-electron chi connectivity index (χ0n) is 10.7. The second-order valence-electron chi connectivity index (χ2n) is 4.65. The van der Waals surface area contributed by atoms with Crippen LogP contribution < -0.4 is 16.4 Å². The summed E-state index contributed by atoms with van der Waals surface area (Å²) in [5.41, 5.74) is 9.70. The normalized spacial score (nSPS) is 15.8. The summed E-state index contributed by atoms with van der Waals surface area (Å²) in [5.74, 6) is 1.10. The Bertz CT molecular complexity index is 462. The number of anilines is 3. The highest BCUT2D eigenvalue weighted by molar-refractivity contribution is 7.98. The molecular formula is C13H19N3OS. The van der Waals surface area contributed by atoms with Gasteiger partial charge in [0, 0.05) is 23.9 Å². The molecule has 0 saturated carbocycles. The quantitative estimate of drug-likeness (QED) is 0.731. The number of nitrogens with two attached hydrogens (primary N) is 1. The Morgan fingerprint density at radius 2 is 2.28 bits per heavy atom. The molecule has 1 aromatic carbocycles.